The Hall–Kier alpha value is -0.830. The van der Waals surface area contributed by atoms with Crippen LogP contribution in [0.4, 0.5) is 0 Å². The molecule has 0 fully saturated rings. The number of carbonyl (C=O) groups is 1. The molecule has 0 aliphatic heterocycles. The lowest BCUT2D eigenvalue weighted by atomic mass is 10.1. The Balaban J connectivity index is 3.15. The van der Waals surface area contributed by atoms with E-state index in [-0.39, 0.29) is 12.5 Å². The van der Waals surface area contributed by atoms with Gasteiger partial charge in [-0.25, -0.2) is 0 Å². The van der Waals surface area contributed by atoms with Crippen LogP contribution >= 0.6 is 0 Å². The van der Waals surface area contributed by atoms with Crippen LogP contribution < -0.4 is 0 Å². The first-order valence-electron chi connectivity index (χ1n) is 7.71. The standard InChI is InChI=1S/C16H30O3/c1-2-15(17)13-11-9-7-5-3-4-6-8-10-12-14-16(18)19/h4,6,15,17H,2-3,5,7-14H2,1H3,(H,18,19). The van der Waals surface area contributed by atoms with Gasteiger partial charge in [0.15, 0.2) is 0 Å². The van der Waals surface area contributed by atoms with E-state index in [1.807, 2.05) is 6.92 Å². The lowest BCUT2D eigenvalue weighted by Gasteiger charge is -2.06. The molecule has 3 nitrogen and oxygen atoms in total. The molecular formula is C16H30O3. The second-order valence-corrected chi connectivity index (χ2v) is 5.16. The Bertz CT molecular complexity index is 236. The highest BCUT2D eigenvalue weighted by Gasteiger charge is 1.99. The smallest absolute Gasteiger partial charge is 0.303 e. The molecule has 0 aliphatic carbocycles. The van der Waals surface area contributed by atoms with Crippen LogP contribution in [0.1, 0.15) is 77.6 Å². The molecule has 0 spiro atoms. The SMILES string of the molecule is CCC(O)CCCCCCC=CCCCCC(=O)O. The van der Waals surface area contributed by atoms with Crippen LogP contribution in [0.15, 0.2) is 12.2 Å². The molecule has 0 aliphatic rings. The highest BCUT2D eigenvalue weighted by atomic mass is 16.4. The van der Waals surface area contributed by atoms with Gasteiger partial charge in [0.1, 0.15) is 0 Å². The molecule has 3 heteroatoms. The van der Waals surface area contributed by atoms with Crippen LogP contribution in [0.2, 0.25) is 0 Å². The third-order valence-corrected chi connectivity index (χ3v) is 3.31. The molecule has 19 heavy (non-hydrogen) atoms. The predicted octanol–water partition coefficient (Wildman–Crippen LogP) is 4.30. The van der Waals surface area contributed by atoms with Gasteiger partial charge in [-0.15, -0.1) is 0 Å². The van der Waals surface area contributed by atoms with Gasteiger partial charge in [0.05, 0.1) is 6.10 Å². The predicted molar refractivity (Wildman–Crippen MR) is 79.2 cm³/mol. The minimum atomic E-state index is -0.697. The van der Waals surface area contributed by atoms with Gasteiger partial charge in [-0.05, 0) is 44.9 Å². The maximum Gasteiger partial charge on any atom is 0.303 e. The molecule has 0 rings (SSSR count). The number of rotatable bonds is 13. The molecule has 0 radical (unpaired) electrons. The van der Waals surface area contributed by atoms with E-state index in [1.165, 1.54) is 19.3 Å². The normalized spacial score (nSPS) is 12.9. The van der Waals surface area contributed by atoms with E-state index >= 15 is 0 Å². The first-order valence-corrected chi connectivity index (χ1v) is 7.71. The van der Waals surface area contributed by atoms with Crippen molar-refractivity contribution in [3.8, 4) is 0 Å². The molecule has 112 valence electrons. The topological polar surface area (TPSA) is 57.5 Å². The summed E-state index contributed by atoms with van der Waals surface area (Å²) in [6.45, 7) is 2.02. The molecule has 1 unspecified atom stereocenters. The first kappa shape index (κ1) is 18.2. The number of hydrogen-bond donors (Lipinski definition) is 2. The molecular weight excluding hydrogens is 240 g/mol. The Morgan fingerprint density at radius 2 is 1.58 bits per heavy atom. The summed E-state index contributed by atoms with van der Waals surface area (Å²) in [7, 11) is 0. The van der Waals surface area contributed by atoms with Crippen LogP contribution in [0, 0.1) is 0 Å². The van der Waals surface area contributed by atoms with Crippen LogP contribution in [0.3, 0.4) is 0 Å². The zero-order valence-electron chi connectivity index (χ0n) is 12.3. The molecule has 0 saturated carbocycles. The van der Waals surface area contributed by atoms with E-state index in [9.17, 15) is 9.90 Å². The van der Waals surface area contributed by atoms with E-state index in [1.54, 1.807) is 0 Å². The average Bonchev–Trinajstić information content (AvgIpc) is 2.39. The van der Waals surface area contributed by atoms with Gasteiger partial charge >= 0.3 is 5.97 Å². The summed E-state index contributed by atoms with van der Waals surface area (Å²) in [4.78, 5) is 10.3. The van der Waals surface area contributed by atoms with Crippen molar-refractivity contribution in [2.75, 3.05) is 0 Å². The summed E-state index contributed by atoms with van der Waals surface area (Å²) in [5.74, 6) is -0.697. The Morgan fingerprint density at radius 3 is 2.16 bits per heavy atom. The van der Waals surface area contributed by atoms with Crippen molar-refractivity contribution < 1.29 is 15.0 Å². The number of aliphatic hydroxyl groups excluding tert-OH is 1. The molecule has 1 atom stereocenters. The van der Waals surface area contributed by atoms with E-state index in [0.29, 0.717) is 0 Å². The number of carboxylic acid groups (broad SMARTS) is 1. The van der Waals surface area contributed by atoms with Crippen molar-refractivity contribution in [3.05, 3.63) is 12.2 Å². The molecule has 0 aromatic carbocycles. The zero-order chi connectivity index (χ0) is 14.3. The fourth-order valence-electron chi connectivity index (χ4n) is 1.97. The van der Waals surface area contributed by atoms with Crippen molar-refractivity contribution in [3.63, 3.8) is 0 Å². The van der Waals surface area contributed by atoms with Crippen molar-refractivity contribution in [2.24, 2.45) is 0 Å². The highest BCUT2D eigenvalue weighted by Crippen LogP contribution is 2.09. The maximum absolute atomic E-state index is 10.3. The number of aliphatic carboxylic acids is 1. The minimum absolute atomic E-state index is 0.106. The van der Waals surface area contributed by atoms with Crippen LogP contribution in [0.5, 0.6) is 0 Å². The third kappa shape index (κ3) is 15.1. The first-order chi connectivity index (χ1) is 9.16. The highest BCUT2D eigenvalue weighted by molar-refractivity contribution is 5.66. The van der Waals surface area contributed by atoms with Crippen LogP contribution in [0.25, 0.3) is 0 Å². The summed E-state index contributed by atoms with van der Waals surface area (Å²) < 4.78 is 0. The number of carboxylic acids is 1. The van der Waals surface area contributed by atoms with E-state index < -0.39 is 5.97 Å². The number of allylic oxidation sites excluding steroid dienone is 2. The van der Waals surface area contributed by atoms with Gasteiger partial charge in [0, 0.05) is 6.42 Å². The Morgan fingerprint density at radius 1 is 1.00 bits per heavy atom. The van der Waals surface area contributed by atoms with Gasteiger partial charge in [-0.2, -0.15) is 0 Å². The van der Waals surface area contributed by atoms with Crippen molar-refractivity contribution >= 4 is 5.97 Å². The second kappa shape index (κ2) is 13.6. The summed E-state index contributed by atoms with van der Waals surface area (Å²) in [5, 5.41) is 17.9. The zero-order valence-corrected chi connectivity index (χ0v) is 12.3. The fraction of sp³-hybridized carbons (Fsp3) is 0.812. The Kier molecular flexibility index (Phi) is 13.0. The monoisotopic (exact) mass is 270 g/mol. The quantitative estimate of drug-likeness (QED) is 0.387. The third-order valence-electron chi connectivity index (χ3n) is 3.31. The van der Waals surface area contributed by atoms with Gasteiger partial charge in [-0.1, -0.05) is 38.3 Å². The maximum atomic E-state index is 10.3. The summed E-state index contributed by atoms with van der Waals surface area (Å²) >= 11 is 0. The van der Waals surface area contributed by atoms with E-state index in [2.05, 4.69) is 12.2 Å². The fourth-order valence-corrected chi connectivity index (χ4v) is 1.97. The lowest BCUT2D eigenvalue weighted by Crippen LogP contribution is -2.03. The number of aliphatic hydroxyl groups is 1. The molecule has 0 bridgehead atoms. The van der Waals surface area contributed by atoms with Crippen molar-refractivity contribution in [1.82, 2.24) is 0 Å². The lowest BCUT2D eigenvalue weighted by molar-refractivity contribution is -0.137. The molecule has 0 amide bonds. The van der Waals surface area contributed by atoms with Gasteiger partial charge in [0.25, 0.3) is 0 Å². The van der Waals surface area contributed by atoms with Gasteiger partial charge < -0.3 is 10.2 Å². The van der Waals surface area contributed by atoms with Crippen molar-refractivity contribution in [1.29, 1.82) is 0 Å². The summed E-state index contributed by atoms with van der Waals surface area (Å²) in [6, 6.07) is 0. The number of unbranched alkanes of at least 4 members (excludes halogenated alkanes) is 6. The van der Waals surface area contributed by atoms with E-state index in [0.717, 1.165) is 44.9 Å². The van der Waals surface area contributed by atoms with Crippen molar-refractivity contribution in [2.45, 2.75) is 83.7 Å². The van der Waals surface area contributed by atoms with Gasteiger partial charge in [0.2, 0.25) is 0 Å². The van der Waals surface area contributed by atoms with E-state index in [4.69, 9.17) is 5.11 Å². The Labute approximate surface area is 117 Å². The summed E-state index contributed by atoms with van der Waals surface area (Å²) in [6.07, 6.45) is 15.0. The molecule has 0 saturated heterocycles. The van der Waals surface area contributed by atoms with Crippen LogP contribution in [-0.2, 0) is 4.79 Å². The average molecular weight is 270 g/mol. The second-order valence-electron chi connectivity index (χ2n) is 5.16. The van der Waals surface area contributed by atoms with Gasteiger partial charge in [-0.3, -0.25) is 4.79 Å². The molecule has 2 N–H and O–H groups in total. The molecule has 0 aromatic rings. The summed E-state index contributed by atoms with van der Waals surface area (Å²) in [5.41, 5.74) is 0. The largest absolute Gasteiger partial charge is 0.481 e. The number of hydrogen-bond acceptors (Lipinski definition) is 2. The van der Waals surface area contributed by atoms with Crippen LogP contribution in [-0.4, -0.2) is 22.3 Å². The molecule has 0 heterocycles. The molecule has 0 aromatic heterocycles. The minimum Gasteiger partial charge on any atom is -0.481 e.